The largest absolute Gasteiger partial charge is 0.421 e. The minimum Gasteiger partial charge on any atom is -0.421 e. The van der Waals surface area contributed by atoms with Crippen LogP contribution in [-0.2, 0) is 4.65 Å². The van der Waals surface area contributed by atoms with E-state index >= 15 is 0 Å². The van der Waals surface area contributed by atoms with E-state index in [-0.39, 0.29) is 17.5 Å². The third-order valence-corrected chi connectivity index (χ3v) is 0.971. The third kappa shape index (κ3) is 4.86. The molecule has 0 aliphatic heterocycles. The topological polar surface area (TPSA) is 29.5 Å². The van der Waals surface area contributed by atoms with E-state index in [0.29, 0.717) is 0 Å². The van der Waals surface area contributed by atoms with Gasteiger partial charge in [-0.2, -0.15) is 0 Å². The number of hydrogen-bond acceptors (Lipinski definition) is 2. The molecule has 0 radical (unpaired) electrons. The summed E-state index contributed by atoms with van der Waals surface area (Å²) in [6.45, 7) is 3.88. The number of hydrogen-bond donors (Lipinski definition) is 1. The van der Waals surface area contributed by atoms with E-state index in [2.05, 4.69) is 22.4 Å². The van der Waals surface area contributed by atoms with E-state index in [1.54, 1.807) is 0 Å². The monoisotopic (exact) mass is 228 g/mol. The van der Waals surface area contributed by atoms with Gasteiger partial charge < -0.3 is 9.76 Å². The van der Waals surface area contributed by atoms with Gasteiger partial charge in [-0.25, -0.2) is 0 Å². The molecule has 2 nitrogen and oxygen atoms in total. The Kier molecular flexibility index (Phi) is 4.99. The van der Waals surface area contributed by atoms with E-state index in [9.17, 15) is 0 Å². The maximum Gasteiger partial charge on any atom is 0.362 e. The molecule has 0 rings (SSSR count). The van der Waals surface area contributed by atoms with Crippen LogP contribution in [0.5, 0.6) is 0 Å². The Hall–Kier alpha value is 0.715. The molecule has 0 aromatic carbocycles. The average molecular weight is 228 g/mol. The Morgan fingerprint density at radius 1 is 1.88 bits per heavy atom. The zero-order valence-corrected chi connectivity index (χ0v) is 7.25. The average Bonchev–Trinajstić information content (AvgIpc) is 1.65. The van der Waals surface area contributed by atoms with Crippen LogP contribution in [0.2, 0.25) is 6.82 Å². The molecule has 8 heavy (non-hydrogen) atoms. The summed E-state index contributed by atoms with van der Waals surface area (Å²) < 4.78 is 5.33. The van der Waals surface area contributed by atoms with Gasteiger partial charge in [-0.1, -0.05) is 0 Å². The molecule has 0 aliphatic carbocycles. The van der Waals surface area contributed by atoms with Gasteiger partial charge in [0.15, 0.2) is 0 Å². The lowest BCUT2D eigenvalue weighted by molar-refractivity contribution is 0.134. The minimum absolute atomic E-state index is 0.0260. The van der Waals surface area contributed by atoms with Crippen LogP contribution in [0.3, 0.4) is 0 Å². The van der Waals surface area contributed by atoms with Gasteiger partial charge in [-0.15, -0.1) is 22.4 Å². The third-order valence-electron chi connectivity index (χ3n) is 0.677. The maximum absolute atomic E-state index is 8.46. The molecule has 0 aliphatic rings. The van der Waals surface area contributed by atoms with E-state index in [0.717, 1.165) is 0 Å². The quantitative estimate of drug-likeness (QED) is 0.575. The number of aliphatic hydroxyl groups excluding tert-OH is 1. The van der Waals surface area contributed by atoms with Gasteiger partial charge in [0.05, 0.1) is 12.7 Å². The van der Waals surface area contributed by atoms with Crippen molar-refractivity contribution in [2.75, 3.05) is 6.61 Å². The van der Waals surface area contributed by atoms with Crippen LogP contribution < -0.4 is 0 Å². The Balaban J connectivity index is 3.10. The lowest BCUT2D eigenvalue weighted by atomic mass is 10.1. The molecule has 0 bridgehead atoms. The van der Waals surface area contributed by atoms with Crippen molar-refractivity contribution in [3.05, 3.63) is 0 Å². The summed E-state index contributed by atoms with van der Waals surface area (Å²) in [5.41, 5.74) is 0. The van der Waals surface area contributed by atoms with Crippen LogP contribution in [0, 0.1) is 0 Å². The molecule has 0 saturated carbocycles. The molecule has 48 valence electrons. The first-order valence-electron chi connectivity index (χ1n) is 2.57. The molecule has 0 fully saturated rings. The molecular weight excluding hydrogens is 218 g/mol. The van der Waals surface area contributed by atoms with E-state index in [1.165, 1.54) is 0 Å². The fourth-order valence-electron chi connectivity index (χ4n) is 0.363. The molecule has 0 amide bonds. The first kappa shape index (κ1) is 8.71. The van der Waals surface area contributed by atoms with Gasteiger partial charge >= 0.3 is 4.77 Å². The maximum atomic E-state index is 8.46. The predicted octanol–water partition coefficient (Wildman–Crippen LogP) is 0.937. The first-order chi connectivity index (χ1) is 3.66. The standard InChI is InChI=1S/C4H10BIO2/c1-4(3-7)8-5(2)6/h4,7H,3H2,1-2H3. The second-order valence-corrected chi connectivity index (χ2v) is 3.43. The molecule has 1 unspecified atom stereocenters. The van der Waals surface area contributed by atoms with Gasteiger partial charge in [0.2, 0.25) is 0 Å². The minimum atomic E-state index is -0.0260. The summed E-state index contributed by atoms with van der Waals surface area (Å²) in [7, 11) is 0. The zero-order chi connectivity index (χ0) is 6.57. The van der Waals surface area contributed by atoms with Crippen LogP contribution in [-0.4, -0.2) is 22.6 Å². The summed E-state index contributed by atoms with van der Waals surface area (Å²) in [6, 6.07) is 0. The molecule has 1 N–H and O–H groups in total. The van der Waals surface area contributed by atoms with Gasteiger partial charge in [-0.05, 0) is 13.7 Å². The van der Waals surface area contributed by atoms with Gasteiger partial charge in [-0.3, -0.25) is 0 Å². The van der Waals surface area contributed by atoms with Crippen molar-refractivity contribution < 1.29 is 9.76 Å². The van der Waals surface area contributed by atoms with Crippen molar-refractivity contribution in [3.8, 4) is 0 Å². The van der Waals surface area contributed by atoms with Crippen molar-refractivity contribution in [3.63, 3.8) is 0 Å². The number of aliphatic hydroxyl groups is 1. The second-order valence-electron chi connectivity index (χ2n) is 1.67. The van der Waals surface area contributed by atoms with Crippen molar-refractivity contribution in [2.45, 2.75) is 19.9 Å². The summed E-state index contributed by atoms with van der Waals surface area (Å²) in [5, 5.41) is 8.46. The molecule has 4 heteroatoms. The van der Waals surface area contributed by atoms with Crippen LogP contribution in [0.1, 0.15) is 6.92 Å². The van der Waals surface area contributed by atoms with Gasteiger partial charge in [0.25, 0.3) is 0 Å². The highest BCUT2D eigenvalue weighted by atomic mass is 127. The first-order valence-corrected chi connectivity index (χ1v) is 3.81. The highest BCUT2D eigenvalue weighted by Crippen LogP contribution is 1.99. The normalized spacial score (nSPS) is 13.5. The van der Waals surface area contributed by atoms with Crippen molar-refractivity contribution in [1.29, 1.82) is 0 Å². The smallest absolute Gasteiger partial charge is 0.362 e. The number of halogens is 1. The Morgan fingerprint density at radius 3 is 2.50 bits per heavy atom. The van der Waals surface area contributed by atoms with Crippen LogP contribution >= 0.6 is 22.4 Å². The number of rotatable bonds is 3. The lowest BCUT2D eigenvalue weighted by Crippen LogP contribution is -2.18. The Morgan fingerprint density at radius 2 is 2.38 bits per heavy atom. The summed E-state index contributed by atoms with van der Waals surface area (Å²) >= 11 is 2.15. The summed E-state index contributed by atoms with van der Waals surface area (Å²) in [5.74, 6) is 0. The highest BCUT2D eigenvalue weighted by Gasteiger charge is 2.06. The summed E-state index contributed by atoms with van der Waals surface area (Å²) in [4.78, 5) is 0. The predicted molar refractivity (Wildman–Crippen MR) is 43.3 cm³/mol. The lowest BCUT2D eigenvalue weighted by Gasteiger charge is -2.09. The Bertz CT molecular complexity index is 60.0. The van der Waals surface area contributed by atoms with Gasteiger partial charge in [0, 0.05) is 0 Å². The molecule has 0 aromatic heterocycles. The molecule has 0 aromatic rings. The molecule has 0 saturated heterocycles. The van der Waals surface area contributed by atoms with Crippen LogP contribution in [0.15, 0.2) is 0 Å². The fraction of sp³-hybridized carbons (Fsp3) is 1.00. The van der Waals surface area contributed by atoms with Gasteiger partial charge in [0.1, 0.15) is 0 Å². The van der Waals surface area contributed by atoms with Crippen LogP contribution in [0.25, 0.3) is 0 Å². The molecular formula is C4H10BIO2. The van der Waals surface area contributed by atoms with Crippen molar-refractivity contribution in [1.82, 2.24) is 0 Å². The SMILES string of the molecule is CB(I)OC(C)CO. The van der Waals surface area contributed by atoms with E-state index in [1.807, 2.05) is 13.7 Å². The van der Waals surface area contributed by atoms with Crippen molar-refractivity contribution in [2.24, 2.45) is 0 Å². The van der Waals surface area contributed by atoms with Crippen molar-refractivity contribution >= 4 is 27.1 Å². The van der Waals surface area contributed by atoms with E-state index < -0.39 is 0 Å². The Labute approximate surface area is 63.6 Å². The molecule has 1 atom stereocenters. The molecule has 0 spiro atoms. The fourth-order valence-corrected chi connectivity index (χ4v) is 0.864. The van der Waals surface area contributed by atoms with Crippen LogP contribution in [0.4, 0.5) is 0 Å². The molecule has 0 heterocycles. The second kappa shape index (κ2) is 4.58. The highest BCUT2D eigenvalue weighted by molar-refractivity contribution is 14.1. The van der Waals surface area contributed by atoms with E-state index in [4.69, 9.17) is 9.76 Å². The zero-order valence-electron chi connectivity index (χ0n) is 5.10. The summed E-state index contributed by atoms with van der Waals surface area (Å²) in [6.07, 6.45) is -0.0260.